The van der Waals surface area contributed by atoms with Crippen LogP contribution < -0.4 is 10.6 Å². The highest BCUT2D eigenvalue weighted by Gasteiger charge is 2.26. The maximum atomic E-state index is 12.1. The molecule has 0 spiro atoms. The van der Waals surface area contributed by atoms with Crippen molar-refractivity contribution in [1.29, 1.82) is 0 Å². The molecule has 0 aromatic rings. The van der Waals surface area contributed by atoms with Crippen molar-refractivity contribution in [2.45, 2.75) is 59.1 Å². The zero-order valence-electron chi connectivity index (χ0n) is 13.8. The Balaban J connectivity index is 4.58. The molecule has 0 saturated carbocycles. The van der Waals surface area contributed by atoms with Crippen LogP contribution >= 0.6 is 0 Å². The van der Waals surface area contributed by atoms with Crippen LogP contribution in [0, 0.1) is 11.8 Å². The minimum atomic E-state index is -1.66. The molecule has 0 saturated heterocycles. The first kappa shape index (κ1) is 20.4. The zero-order chi connectivity index (χ0) is 17.3. The Morgan fingerprint density at radius 3 is 2.05 bits per heavy atom. The third-order valence-corrected chi connectivity index (χ3v) is 3.03. The number of rotatable bonds is 10. The summed E-state index contributed by atoms with van der Waals surface area (Å²) in [6.45, 7) is 8.42. The smallest absolute Gasteiger partial charge is 0.306 e. The van der Waals surface area contributed by atoms with Crippen LogP contribution in [-0.2, 0) is 14.4 Å². The van der Waals surface area contributed by atoms with Crippen molar-refractivity contribution in [3.63, 3.8) is 0 Å². The highest BCUT2D eigenvalue weighted by molar-refractivity contribution is 5.90. The molecule has 2 amide bonds. The number of carbonyl (C=O) groups is 3. The SMILES string of the molecule is CC(C)CCNC(=O)[C@H](CC(C)C)NC(=O)[C@@H](O)CC(=O)O. The van der Waals surface area contributed by atoms with Crippen LogP contribution in [0.5, 0.6) is 0 Å². The molecule has 128 valence electrons. The number of aliphatic carboxylic acids is 1. The van der Waals surface area contributed by atoms with Crippen LogP contribution in [0.25, 0.3) is 0 Å². The summed E-state index contributed by atoms with van der Waals surface area (Å²) in [7, 11) is 0. The van der Waals surface area contributed by atoms with E-state index in [1.807, 2.05) is 27.7 Å². The molecule has 0 unspecified atom stereocenters. The fraction of sp³-hybridized carbons (Fsp3) is 0.800. The van der Waals surface area contributed by atoms with Gasteiger partial charge < -0.3 is 20.8 Å². The molecule has 0 aromatic heterocycles. The van der Waals surface area contributed by atoms with Gasteiger partial charge in [0.2, 0.25) is 11.8 Å². The lowest BCUT2D eigenvalue weighted by Crippen LogP contribution is -2.50. The predicted octanol–water partition coefficient (Wildman–Crippen LogP) is 0.515. The highest BCUT2D eigenvalue weighted by atomic mass is 16.4. The summed E-state index contributed by atoms with van der Waals surface area (Å²) in [5.74, 6) is -1.81. The van der Waals surface area contributed by atoms with E-state index in [9.17, 15) is 19.5 Å². The Kier molecular flexibility index (Phi) is 9.40. The van der Waals surface area contributed by atoms with Crippen LogP contribution in [-0.4, -0.2) is 46.7 Å². The molecule has 0 radical (unpaired) electrons. The van der Waals surface area contributed by atoms with Gasteiger partial charge in [0, 0.05) is 6.54 Å². The predicted molar refractivity (Wildman–Crippen MR) is 82.1 cm³/mol. The van der Waals surface area contributed by atoms with Crippen molar-refractivity contribution in [3.05, 3.63) is 0 Å². The van der Waals surface area contributed by atoms with E-state index in [4.69, 9.17) is 5.11 Å². The molecule has 0 aliphatic carbocycles. The van der Waals surface area contributed by atoms with Gasteiger partial charge in [-0.15, -0.1) is 0 Å². The van der Waals surface area contributed by atoms with E-state index < -0.39 is 30.4 Å². The highest BCUT2D eigenvalue weighted by Crippen LogP contribution is 2.06. The second-order valence-corrected chi connectivity index (χ2v) is 6.28. The number of amides is 2. The summed E-state index contributed by atoms with van der Waals surface area (Å²) >= 11 is 0. The van der Waals surface area contributed by atoms with Crippen molar-refractivity contribution in [2.24, 2.45) is 11.8 Å². The fourth-order valence-corrected chi connectivity index (χ4v) is 1.84. The lowest BCUT2D eigenvalue weighted by molar-refractivity contribution is -0.144. The number of hydrogen-bond donors (Lipinski definition) is 4. The van der Waals surface area contributed by atoms with E-state index in [0.717, 1.165) is 6.42 Å². The van der Waals surface area contributed by atoms with E-state index in [0.29, 0.717) is 18.9 Å². The van der Waals surface area contributed by atoms with Gasteiger partial charge in [-0.3, -0.25) is 14.4 Å². The van der Waals surface area contributed by atoms with Crippen molar-refractivity contribution in [2.75, 3.05) is 6.54 Å². The van der Waals surface area contributed by atoms with Gasteiger partial charge in [0.15, 0.2) is 0 Å². The van der Waals surface area contributed by atoms with E-state index in [2.05, 4.69) is 10.6 Å². The topological polar surface area (TPSA) is 116 Å². The number of aliphatic hydroxyl groups is 1. The third kappa shape index (κ3) is 9.33. The number of carboxylic acid groups (broad SMARTS) is 1. The first-order valence-electron chi connectivity index (χ1n) is 7.61. The molecular formula is C15H28N2O5. The molecule has 22 heavy (non-hydrogen) atoms. The lowest BCUT2D eigenvalue weighted by atomic mass is 10.0. The molecule has 0 heterocycles. The number of carbonyl (C=O) groups excluding carboxylic acids is 2. The second kappa shape index (κ2) is 10.2. The largest absolute Gasteiger partial charge is 0.481 e. The molecule has 7 nitrogen and oxygen atoms in total. The lowest BCUT2D eigenvalue weighted by Gasteiger charge is -2.21. The zero-order valence-corrected chi connectivity index (χ0v) is 13.8. The Hall–Kier alpha value is -1.63. The van der Waals surface area contributed by atoms with E-state index in [1.54, 1.807) is 0 Å². The van der Waals surface area contributed by atoms with Crippen molar-refractivity contribution in [1.82, 2.24) is 10.6 Å². The van der Waals surface area contributed by atoms with Gasteiger partial charge in [-0.1, -0.05) is 27.7 Å². The fourth-order valence-electron chi connectivity index (χ4n) is 1.84. The van der Waals surface area contributed by atoms with Gasteiger partial charge in [0.05, 0.1) is 6.42 Å². The van der Waals surface area contributed by atoms with Gasteiger partial charge in [-0.25, -0.2) is 0 Å². The maximum absolute atomic E-state index is 12.1. The summed E-state index contributed by atoms with van der Waals surface area (Å²) in [5.41, 5.74) is 0. The molecule has 0 aromatic carbocycles. The van der Waals surface area contributed by atoms with Gasteiger partial charge in [0.25, 0.3) is 0 Å². The molecule has 2 atom stereocenters. The van der Waals surface area contributed by atoms with Crippen LogP contribution in [0.1, 0.15) is 47.0 Å². The molecule has 0 aliphatic rings. The Labute approximate surface area is 131 Å². The summed E-state index contributed by atoms with van der Waals surface area (Å²) in [4.78, 5) is 34.4. The molecule has 0 fully saturated rings. The molecule has 4 N–H and O–H groups in total. The van der Waals surface area contributed by atoms with E-state index in [-0.39, 0.29) is 11.8 Å². The normalized spacial score (nSPS) is 13.8. The molecule has 0 bridgehead atoms. The monoisotopic (exact) mass is 316 g/mol. The third-order valence-electron chi connectivity index (χ3n) is 3.03. The van der Waals surface area contributed by atoms with Crippen LogP contribution in [0.15, 0.2) is 0 Å². The van der Waals surface area contributed by atoms with Crippen LogP contribution in [0.4, 0.5) is 0 Å². The quantitative estimate of drug-likeness (QED) is 0.469. The maximum Gasteiger partial charge on any atom is 0.306 e. The Morgan fingerprint density at radius 2 is 1.59 bits per heavy atom. The van der Waals surface area contributed by atoms with Gasteiger partial charge in [-0.2, -0.15) is 0 Å². The van der Waals surface area contributed by atoms with Gasteiger partial charge in [0.1, 0.15) is 12.1 Å². The Morgan fingerprint density at radius 1 is 1.00 bits per heavy atom. The first-order valence-corrected chi connectivity index (χ1v) is 7.61. The summed E-state index contributed by atoms with van der Waals surface area (Å²) in [6.07, 6.45) is -1.10. The minimum absolute atomic E-state index is 0.165. The van der Waals surface area contributed by atoms with Crippen molar-refractivity contribution in [3.8, 4) is 0 Å². The average molecular weight is 316 g/mol. The summed E-state index contributed by atoms with van der Waals surface area (Å²) in [5, 5.41) is 23.2. The number of aliphatic hydroxyl groups excluding tert-OH is 1. The molecule has 0 aliphatic heterocycles. The second-order valence-electron chi connectivity index (χ2n) is 6.28. The van der Waals surface area contributed by atoms with Gasteiger partial charge >= 0.3 is 5.97 Å². The number of hydrogen-bond acceptors (Lipinski definition) is 4. The van der Waals surface area contributed by atoms with Crippen molar-refractivity contribution >= 4 is 17.8 Å². The standard InChI is InChI=1S/C15H28N2O5/c1-9(2)5-6-16-14(21)11(7-10(3)4)17-15(22)12(18)8-13(19)20/h9-12,18H,5-8H2,1-4H3,(H,16,21)(H,17,22)(H,19,20)/t11-,12-/m0/s1. The molecule has 0 rings (SSSR count). The van der Waals surface area contributed by atoms with Crippen molar-refractivity contribution < 1.29 is 24.6 Å². The summed E-state index contributed by atoms with van der Waals surface area (Å²) in [6, 6.07) is -0.775. The van der Waals surface area contributed by atoms with E-state index >= 15 is 0 Å². The average Bonchev–Trinajstić information content (AvgIpc) is 2.35. The first-order chi connectivity index (χ1) is 10.1. The number of carboxylic acids is 1. The van der Waals surface area contributed by atoms with Gasteiger partial charge in [-0.05, 0) is 24.7 Å². The van der Waals surface area contributed by atoms with Crippen LogP contribution in [0.3, 0.4) is 0 Å². The van der Waals surface area contributed by atoms with E-state index in [1.165, 1.54) is 0 Å². The summed E-state index contributed by atoms with van der Waals surface area (Å²) < 4.78 is 0. The number of nitrogens with one attached hydrogen (secondary N) is 2. The minimum Gasteiger partial charge on any atom is -0.481 e. The molecular weight excluding hydrogens is 288 g/mol. The molecule has 7 heteroatoms. The van der Waals surface area contributed by atoms with Crippen LogP contribution in [0.2, 0.25) is 0 Å². The Bertz CT molecular complexity index is 382.